The van der Waals surface area contributed by atoms with E-state index in [1.165, 1.54) is 19.4 Å². The molecule has 0 amide bonds. The molecule has 1 aliphatic heterocycles. The van der Waals surface area contributed by atoms with Gasteiger partial charge in [-0.3, -0.25) is 4.98 Å². The predicted octanol–water partition coefficient (Wildman–Crippen LogP) is 1.67. The third kappa shape index (κ3) is 3.00. The molecular weight excluding hydrogens is 226 g/mol. The van der Waals surface area contributed by atoms with Crippen LogP contribution >= 0.6 is 0 Å². The maximum Gasteiger partial charge on any atom is 0.0931 e. The second-order valence-electron chi connectivity index (χ2n) is 5.27. The summed E-state index contributed by atoms with van der Waals surface area (Å²) in [5, 5.41) is 9.43. The molecule has 0 spiro atoms. The summed E-state index contributed by atoms with van der Waals surface area (Å²) in [6.07, 6.45) is 3.93. The predicted molar refractivity (Wildman–Crippen MR) is 73.8 cm³/mol. The van der Waals surface area contributed by atoms with Crippen LogP contribution in [0, 0.1) is 0 Å². The van der Waals surface area contributed by atoms with Crippen LogP contribution in [-0.2, 0) is 0 Å². The molecule has 1 N–H and O–H groups in total. The van der Waals surface area contributed by atoms with Gasteiger partial charge in [0, 0.05) is 19.6 Å². The maximum atomic E-state index is 9.43. The molecule has 1 aromatic rings. The van der Waals surface area contributed by atoms with Crippen LogP contribution in [0.1, 0.15) is 31.6 Å². The van der Waals surface area contributed by atoms with Crippen molar-refractivity contribution in [2.45, 2.75) is 31.9 Å². The Kier molecular flexibility index (Phi) is 4.19. The topological polar surface area (TPSA) is 39.6 Å². The third-order valence-corrected chi connectivity index (χ3v) is 3.80. The van der Waals surface area contributed by atoms with Gasteiger partial charge in [0.15, 0.2) is 0 Å². The van der Waals surface area contributed by atoms with Gasteiger partial charge in [0.2, 0.25) is 0 Å². The van der Waals surface area contributed by atoms with Gasteiger partial charge in [-0.2, -0.15) is 0 Å². The first-order chi connectivity index (χ1) is 8.58. The molecule has 4 nitrogen and oxygen atoms in total. The lowest BCUT2D eigenvalue weighted by molar-refractivity contribution is 0.194. The van der Waals surface area contributed by atoms with E-state index in [0.29, 0.717) is 6.04 Å². The normalized spacial score (nSPS) is 22.1. The van der Waals surface area contributed by atoms with E-state index in [1.54, 1.807) is 6.92 Å². The maximum absolute atomic E-state index is 9.43. The van der Waals surface area contributed by atoms with Crippen molar-refractivity contribution in [1.29, 1.82) is 0 Å². The molecule has 100 valence electrons. The van der Waals surface area contributed by atoms with E-state index in [-0.39, 0.29) is 0 Å². The Morgan fingerprint density at radius 1 is 1.56 bits per heavy atom. The van der Waals surface area contributed by atoms with Crippen molar-refractivity contribution in [2.75, 3.05) is 32.1 Å². The van der Waals surface area contributed by atoms with Crippen molar-refractivity contribution in [2.24, 2.45) is 0 Å². The fourth-order valence-corrected chi connectivity index (χ4v) is 2.50. The van der Waals surface area contributed by atoms with Crippen molar-refractivity contribution in [3.05, 3.63) is 24.0 Å². The van der Waals surface area contributed by atoms with Crippen molar-refractivity contribution in [3.63, 3.8) is 0 Å². The number of nitrogens with zero attached hydrogens (tertiary/aromatic N) is 3. The molecule has 1 saturated heterocycles. The first-order valence-corrected chi connectivity index (χ1v) is 6.63. The standard InChI is InChI=1S/C14H23N3O/c1-11(18)14-7-6-12(9-15-14)17(3)10-13-5-4-8-16(13)2/h6-7,9,11,13,18H,4-5,8,10H2,1-3H3/t11-,13?/m0/s1. The molecule has 0 aliphatic carbocycles. The van der Waals surface area contributed by atoms with Gasteiger partial charge >= 0.3 is 0 Å². The summed E-state index contributed by atoms with van der Waals surface area (Å²) < 4.78 is 0. The second-order valence-corrected chi connectivity index (χ2v) is 5.27. The van der Waals surface area contributed by atoms with E-state index in [2.05, 4.69) is 28.9 Å². The molecule has 0 saturated carbocycles. The minimum atomic E-state index is -0.495. The molecule has 2 rings (SSSR count). The molecule has 2 heterocycles. The Labute approximate surface area is 109 Å². The first-order valence-electron chi connectivity index (χ1n) is 6.63. The number of aliphatic hydroxyl groups excluding tert-OH is 1. The fraction of sp³-hybridized carbons (Fsp3) is 0.643. The third-order valence-electron chi connectivity index (χ3n) is 3.80. The van der Waals surface area contributed by atoms with Crippen molar-refractivity contribution >= 4 is 5.69 Å². The number of hydrogen-bond acceptors (Lipinski definition) is 4. The van der Waals surface area contributed by atoms with Crippen molar-refractivity contribution < 1.29 is 5.11 Å². The van der Waals surface area contributed by atoms with E-state index >= 15 is 0 Å². The minimum Gasteiger partial charge on any atom is -0.387 e. The summed E-state index contributed by atoms with van der Waals surface area (Å²) in [7, 11) is 4.30. The number of pyridine rings is 1. The van der Waals surface area contributed by atoms with Gasteiger partial charge in [-0.05, 0) is 45.5 Å². The van der Waals surface area contributed by atoms with Gasteiger partial charge in [-0.1, -0.05) is 0 Å². The van der Waals surface area contributed by atoms with Crippen LogP contribution in [0.25, 0.3) is 0 Å². The molecular formula is C14H23N3O. The number of likely N-dealkylation sites (tertiary alicyclic amines) is 1. The molecule has 1 aromatic heterocycles. The molecule has 0 radical (unpaired) electrons. The van der Waals surface area contributed by atoms with Crippen LogP contribution in [0.2, 0.25) is 0 Å². The number of anilines is 1. The molecule has 0 aromatic carbocycles. The summed E-state index contributed by atoms with van der Waals surface area (Å²) in [5.74, 6) is 0. The van der Waals surface area contributed by atoms with E-state index in [9.17, 15) is 5.11 Å². The van der Waals surface area contributed by atoms with Gasteiger partial charge < -0.3 is 14.9 Å². The van der Waals surface area contributed by atoms with Crippen LogP contribution in [0.4, 0.5) is 5.69 Å². The van der Waals surface area contributed by atoms with Crippen molar-refractivity contribution in [1.82, 2.24) is 9.88 Å². The van der Waals surface area contributed by atoms with Gasteiger partial charge in [-0.15, -0.1) is 0 Å². The van der Waals surface area contributed by atoms with Crippen LogP contribution in [0.15, 0.2) is 18.3 Å². The zero-order valence-electron chi connectivity index (χ0n) is 11.5. The quantitative estimate of drug-likeness (QED) is 0.881. The number of hydrogen-bond donors (Lipinski definition) is 1. The van der Waals surface area contributed by atoms with E-state index < -0.39 is 6.10 Å². The SMILES string of the molecule is C[C@H](O)c1ccc(N(C)CC2CCCN2C)cn1. The highest BCUT2D eigenvalue weighted by Gasteiger charge is 2.22. The lowest BCUT2D eigenvalue weighted by Gasteiger charge is -2.27. The van der Waals surface area contributed by atoms with Gasteiger partial charge in [-0.25, -0.2) is 0 Å². The molecule has 1 fully saturated rings. The highest BCUT2D eigenvalue weighted by atomic mass is 16.3. The van der Waals surface area contributed by atoms with Crippen LogP contribution < -0.4 is 4.90 Å². The summed E-state index contributed by atoms with van der Waals surface area (Å²) in [5.41, 5.74) is 1.84. The molecule has 4 heteroatoms. The zero-order valence-corrected chi connectivity index (χ0v) is 11.5. The summed E-state index contributed by atoms with van der Waals surface area (Å²) in [6, 6.07) is 4.57. The van der Waals surface area contributed by atoms with Crippen molar-refractivity contribution in [3.8, 4) is 0 Å². The average Bonchev–Trinajstić information content (AvgIpc) is 2.75. The lowest BCUT2D eigenvalue weighted by atomic mass is 10.2. The monoisotopic (exact) mass is 249 g/mol. The number of aromatic nitrogens is 1. The second kappa shape index (κ2) is 5.67. The van der Waals surface area contributed by atoms with Gasteiger partial charge in [0.25, 0.3) is 0 Å². The Morgan fingerprint density at radius 3 is 2.83 bits per heavy atom. The first kappa shape index (κ1) is 13.3. The number of likely N-dealkylation sites (N-methyl/N-ethyl adjacent to an activating group) is 2. The smallest absolute Gasteiger partial charge is 0.0931 e. The van der Waals surface area contributed by atoms with E-state index in [0.717, 1.165) is 17.9 Å². The minimum absolute atomic E-state index is 0.495. The Morgan fingerprint density at radius 2 is 2.33 bits per heavy atom. The Hall–Kier alpha value is -1.13. The number of aliphatic hydroxyl groups is 1. The summed E-state index contributed by atoms with van der Waals surface area (Å²) in [4.78, 5) is 8.95. The lowest BCUT2D eigenvalue weighted by Crippen LogP contribution is -2.36. The molecule has 0 bridgehead atoms. The van der Waals surface area contributed by atoms with E-state index in [1.807, 2.05) is 18.3 Å². The van der Waals surface area contributed by atoms with Crippen LogP contribution in [0.5, 0.6) is 0 Å². The fourth-order valence-electron chi connectivity index (χ4n) is 2.50. The van der Waals surface area contributed by atoms with Crippen LogP contribution in [0.3, 0.4) is 0 Å². The zero-order chi connectivity index (χ0) is 13.1. The Bertz CT molecular complexity index is 377. The largest absolute Gasteiger partial charge is 0.387 e. The molecule has 18 heavy (non-hydrogen) atoms. The summed E-state index contributed by atoms with van der Waals surface area (Å²) >= 11 is 0. The van der Waals surface area contributed by atoms with Gasteiger partial charge in [0.05, 0.1) is 23.7 Å². The van der Waals surface area contributed by atoms with Gasteiger partial charge in [0.1, 0.15) is 0 Å². The van der Waals surface area contributed by atoms with Crippen LogP contribution in [-0.4, -0.2) is 48.2 Å². The Balaban J connectivity index is 1.98. The number of rotatable bonds is 4. The highest BCUT2D eigenvalue weighted by Crippen LogP contribution is 2.20. The molecule has 2 atom stereocenters. The average molecular weight is 249 g/mol. The molecule has 1 unspecified atom stereocenters. The summed E-state index contributed by atoms with van der Waals surface area (Å²) in [6.45, 7) is 3.98. The highest BCUT2D eigenvalue weighted by molar-refractivity contribution is 5.44. The molecule has 1 aliphatic rings. The van der Waals surface area contributed by atoms with E-state index in [4.69, 9.17) is 0 Å².